The van der Waals surface area contributed by atoms with E-state index < -0.39 is 0 Å². The van der Waals surface area contributed by atoms with E-state index >= 15 is 0 Å². The van der Waals surface area contributed by atoms with Crippen molar-refractivity contribution >= 4 is 5.91 Å². The summed E-state index contributed by atoms with van der Waals surface area (Å²) in [6.45, 7) is 9.17. The van der Waals surface area contributed by atoms with E-state index in [1.807, 2.05) is 0 Å². The van der Waals surface area contributed by atoms with Crippen LogP contribution in [-0.2, 0) is 11.2 Å². The molecule has 1 amide bonds. The highest BCUT2D eigenvalue weighted by molar-refractivity contribution is 5.75. The first-order chi connectivity index (χ1) is 8.88. The normalized spacial score (nSPS) is 10.6. The summed E-state index contributed by atoms with van der Waals surface area (Å²) in [6.07, 6.45) is 1.08. The lowest BCUT2D eigenvalue weighted by Gasteiger charge is -2.20. The van der Waals surface area contributed by atoms with Gasteiger partial charge in [-0.15, -0.1) is 0 Å². The first kappa shape index (κ1) is 15.7. The highest BCUT2D eigenvalue weighted by Gasteiger charge is 2.12. The Hall–Kier alpha value is -1.35. The van der Waals surface area contributed by atoms with Gasteiger partial charge in [0.15, 0.2) is 0 Å². The quantitative estimate of drug-likeness (QED) is 0.885. The topological polar surface area (TPSA) is 40.5 Å². The maximum absolute atomic E-state index is 11.6. The third-order valence-corrected chi connectivity index (χ3v) is 3.97. The second kappa shape index (κ2) is 6.71. The zero-order valence-corrected chi connectivity index (χ0v) is 12.7. The molecule has 0 aliphatic heterocycles. The zero-order chi connectivity index (χ0) is 14.6. The molecule has 0 aliphatic rings. The average molecular weight is 263 g/mol. The number of aliphatic hydroxyl groups is 1. The number of likely N-dealkylation sites (N-methyl/N-ethyl adjacent to an activating group) is 1. The molecule has 0 aliphatic carbocycles. The molecule has 0 radical (unpaired) electrons. The SMILES string of the molecule is Cc1cc(C)c(C)c(CCN(C)C(=O)CCO)c1C. The molecule has 0 atom stereocenters. The Bertz CT molecular complexity index is 440. The summed E-state index contributed by atoms with van der Waals surface area (Å²) in [6, 6.07) is 2.22. The maximum Gasteiger partial charge on any atom is 0.224 e. The van der Waals surface area contributed by atoms with Crippen LogP contribution in [0.4, 0.5) is 0 Å². The van der Waals surface area contributed by atoms with Gasteiger partial charge in [-0.3, -0.25) is 4.79 Å². The van der Waals surface area contributed by atoms with Gasteiger partial charge in [0.2, 0.25) is 5.91 Å². The Morgan fingerprint density at radius 2 is 1.68 bits per heavy atom. The number of nitrogens with zero attached hydrogens (tertiary/aromatic N) is 1. The van der Waals surface area contributed by atoms with Crippen LogP contribution in [-0.4, -0.2) is 36.1 Å². The summed E-state index contributed by atoms with van der Waals surface area (Å²) < 4.78 is 0. The van der Waals surface area contributed by atoms with Crippen LogP contribution in [0.2, 0.25) is 0 Å². The van der Waals surface area contributed by atoms with Gasteiger partial charge in [-0.25, -0.2) is 0 Å². The molecule has 0 bridgehead atoms. The third-order valence-electron chi connectivity index (χ3n) is 3.97. The highest BCUT2D eigenvalue weighted by Crippen LogP contribution is 2.22. The number of aliphatic hydroxyl groups excluding tert-OH is 1. The van der Waals surface area contributed by atoms with E-state index in [-0.39, 0.29) is 18.9 Å². The first-order valence-electron chi connectivity index (χ1n) is 6.79. The second-order valence-corrected chi connectivity index (χ2v) is 5.28. The van der Waals surface area contributed by atoms with E-state index in [0.717, 1.165) is 6.42 Å². The molecular formula is C16H25NO2. The molecule has 1 aromatic rings. The molecule has 0 saturated carbocycles. The molecule has 19 heavy (non-hydrogen) atoms. The molecule has 3 heteroatoms. The number of hydrogen-bond donors (Lipinski definition) is 1. The number of carbonyl (C=O) groups excluding carboxylic acids is 1. The minimum absolute atomic E-state index is 0.00202. The lowest BCUT2D eigenvalue weighted by atomic mass is 9.92. The molecule has 0 fully saturated rings. The molecule has 0 saturated heterocycles. The second-order valence-electron chi connectivity index (χ2n) is 5.28. The fourth-order valence-electron chi connectivity index (χ4n) is 2.36. The molecule has 0 heterocycles. The van der Waals surface area contributed by atoms with Gasteiger partial charge >= 0.3 is 0 Å². The van der Waals surface area contributed by atoms with E-state index in [2.05, 4.69) is 33.8 Å². The Morgan fingerprint density at radius 1 is 1.16 bits per heavy atom. The average Bonchev–Trinajstić information content (AvgIpc) is 2.36. The van der Waals surface area contributed by atoms with Gasteiger partial charge < -0.3 is 10.0 Å². The number of aryl methyl sites for hydroxylation is 2. The summed E-state index contributed by atoms with van der Waals surface area (Å²) in [5, 5.41) is 8.78. The molecule has 106 valence electrons. The zero-order valence-electron chi connectivity index (χ0n) is 12.7. The van der Waals surface area contributed by atoms with Crippen molar-refractivity contribution in [3.05, 3.63) is 33.9 Å². The highest BCUT2D eigenvalue weighted by atomic mass is 16.3. The summed E-state index contributed by atoms with van der Waals surface area (Å²) in [4.78, 5) is 13.3. The molecule has 0 aromatic heterocycles. The summed E-state index contributed by atoms with van der Waals surface area (Å²) in [7, 11) is 1.80. The van der Waals surface area contributed by atoms with Crippen molar-refractivity contribution in [1.29, 1.82) is 0 Å². The molecule has 1 N–H and O–H groups in total. The van der Waals surface area contributed by atoms with Crippen molar-refractivity contribution in [2.75, 3.05) is 20.2 Å². The van der Waals surface area contributed by atoms with Crippen LogP contribution in [0.15, 0.2) is 6.07 Å². The molecule has 0 unspecified atom stereocenters. The summed E-state index contributed by atoms with van der Waals surface area (Å²) in [5.74, 6) is 0.00202. The van der Waals surface area contributed by atoms with Crippen LogP contribution in [0.1, 0.15) is 34.2 Å². The fraction of sp³-hybridized carbons (Fsp3) is 0.562. The van der Waals surface area contributed by atoms with Crippen molar-refractivity contribution in [1.82, 2.24) is 4.90 Å². The van der Waals surface area contributed by atoms with E-state index in [1.165, 1.54) is 27.8 Å². The van der Waals surface area contributed by atoms with Crippen LogP contribution < -0.4 is 0 Å². The van der Waals surface area contributed by atoms with Gasteiger partial charge in [0, 0.05) is 20.0 Å². The van der Waals surface area contributed by atoms with Crippen LogP contribution in [0.3, 0.4) is 0 Å². The van der Waals surface area contributed by atoms with Gasteiger partial charge in [0.05, 0.1) is 6.61 Å². The predicted molar refractivity (Wildman–Crippen MR) is 78.4 cm³/mol. The van der Waals surface area contributed by atoms with Gasteiger partial charge in [0.1, 0.15) is 0 Å². The molecule has 1 aromatic carbocycles. The molecule has 3 nitrogen and oxygen atoms in total. The van der Waals surface area contributed by atoms with Crippen LogP contribution >= 0.6 is 0 Å². The predicted octanol–water partition coefficient (Wildman–Crippen LogP) is 2.30. The van der Waals surface area contributed by atoms with E-state index in [0.29, 0.717) is 6.54 Å². The van der Waals surface area contributed by atoms with Crippen LogP contribution in [0, 0.1) is 27.7 Å². The largest absolute Gasteiger partial charge is 0.396 e. The lowest BCUT2D eigenvalue weighted by molar-refractivity contribution is -0.130. The van der Waals surface area contributed by atoms with Crippen molar-refractivity contribution in [2.24, 2.45) is 0 Å². The van der Waals surface area contributed by atoms with E-state index in [4.69, 9.17) is 5.11 Å². The van der Waals surface area contributed by atoms with E-state index in [1.54, 1.807) is 11.9 Å². The Morgan fingerprint density at radius 3 is 2.16 bits per heavy atom. The van der Waals surface area contributed by atoms with E-state index in [9.17, 15) is 4.79 Å². The minimum atomic E-state index is -0.0786. The van der Waals surface area contributed by atoms with Gasteiger partial charge in [0.25, 0.3) is 0 Å². The molecule has 0 spiro atoms. The van der Waals surface area contributed by atoms with Crippen molar-refractivity contribution in [3.63, 3.8) is 0 Å². The fourth-order valence-corrected chi connectivity index (χ4v) is 2.36. The number of amides is 1. The van der Waals surface area contributed by atoms with Crippen molar-refractivity contribution in [3.8, 4) is 0 Å². The lowest BCUT2D eigenvalue weighted by Crippen LogP contribution is -2.29. The monoisotopic (exact) mass is 263 g/mol. The van der Waals surface area contributed by atoms with Gasteiger partial charge in [-0.1, -0.05) is 6.07 Å². The van der Waals surface area contributed by atoms with Crippen LogP contribution in [0.25, 0.3) is 0 Å². The smallest absolute Gasteiger partial charge is 0.224 e. The Balaban J connectivity index is 2.81. The molecule has 1 rings (SSSR count). The Kier molecular flexibility index (Phi) is 5.55. The Labute approximate surface area is 116 Å². The first-order valence-corrected chi connectivity index (χ1v) is 6.79. The van der Waals surface area contributed by atoms with Crippen molar-refractivity contribution in [2.45, 2.75) is 40.5 Å². The number of benzene rings is 1. The van der Waals surface area contributed by atoms with Crippen molar-refractivity contribution < 1.29 is 9.90 Å². The maximum atomic E-state index is 11.6. The summed E-state index contributed by atoms with van der Waals surface area (Å²) >= 11 is 0. The summed E-state index contributed by atoms with van der Waals surface area (Å²) in [5.41, 5.74) is 6.61. The van der Waals surface area contributed by atoms with Crippen LogP contribution in [0.5, 0.6) is 0 Å². The number of hydrogen-bond acceptors (Lipinski definition) is 2. The number of carbonyl (C=O) groups is 1. The minimum Gasteiger partial charge on any atom is -0.396 e. The van der Waals surface area contributed by atoms with Gasteiger partial charge in [-0.05, 0) is 61.9 Å². The van der Waals surface area contributed by atoms with Gasteiger partial charge in [-0.2, -0.15) is 0 Å². The number of rotatable bonds is 5. The molecular weight excluding hydrogens is 238 g/mol. The third kappa shape index (κ3) is 3.80. The standard InChI is InChI=1S/C16H25NO2/c1-11-10-12(2)14(4)15(13(11)3)6-8-17(5)16(19)7-9-18/h10,18H,6-9H2,1-5H3.